The molecule has 0 unspecified atom stereocenters. The summed E-state index contributed by atoms with van der Waals surface area (Å²) in [6.07, 6.45) is -1.04. The summed E-state index contributed by atoms with van der Waals surface area (Å²) >= 11 is 6.17. The van der Waals surface area contributed by atoms with E-state index in [1.54, 1.807) is 37.4 Å². The van der Waals surface area contributed by atoms with Gasteiger partial charge >= 0.3 is 11.8 Å². The molecule has 5 rings (SSSR count). The Labute approximate surface area is 203 Å². The van der Waals surface area contributed by atoms with Gasteiger partial charge in [0.1, 0.15) is 11.9 Å². The minimum Gasteiger partial charge on any atom is -0.480 e. The van der Waals surface area contributed by atoms with Gasteiger partial charge in [-0.25, -0.2) is 14.6 Å². The Hall–Kier alpha value is -3.90. The van der Waals surface area contributed by atoms with Crippen molar-refractivity contribution in [3.05, 3.63) is 56.2 Å². The Morgan fingerprint density at radius 2 is 2.03 bits per heavy atom. The summed E-state index contributed by atoms with van der Waals surface area (Å²) in [6.45, 7) is 0.892. The molecule has 13 heteroatoms. The van der Waals surface area contributed by atoms with Gasteiger partial charge in [0.2, 0.25) is 0 Å². The molecule has 2 aliphatic heterocycles. The molecule has 3 aromatic rings. The highest BCUT2D eigenvalue weighted by Gasteiger charge is 2.33. The maximum Gasteiger partial charge on any atom is 0.416 e. The van der Waals surface area contributed by atoms with Gasteiger partial charge in [-0.05, 0) is 24.3 Å². The van der Waals surface area contributed by atoms with Crippen LogP contribution in [0.2, 0.25) is 5.02 Å². The molecule has 0 bridgehead atoms. The van der Waals surface area contributed by atoms with Gasteiger partial charge < -0.3 is 20.1 Å². The summed E-state index contributed by atoms with van der Waals surface area (Å²) in [4.78, 5) is 55.1. The molecule has 2 aliphatic rings. The number of pyridine rings is 1. The van der Waals surface area contributed by atoms with Crippen molar-refractivity contribution in [1.29, 1.82) is 0 Å². The molecule has 1 aromatic carbocycles. The number of aryl methyl sites for hydroxylation is 1. The van der Waals surface area contributed by atoms with Crippen molar-refractivity contribution in [3.8, 4) is 5.75 Å². The lowest BCUT2D eigenvalue weighted by atomic mass is 10.2. The Kier molecular flexibility index (Phi) is 5.91. The molecule has 2 N–H and O–H groups in total. The predicted molar refractivity (Wildman–Crippen MR) is 127 cm³/mol. The highest BCUT2D eigenvalue weighted by Crippen LogP contribution is 2.30. The van der Waals surface area contributed by atoms with E-state index in [-0.39, 0.29) is 31.4 Å². The normalized spacial score (nSPS) is 17.2. The van der Waals surface area contributed by atoms with E-state index in [1.165, 1.54) is 9.47 Å². The number of benzene rings is 1. The van der Waals surface area contributed by atoms with E-state index in [9.17, 15) is 19.2 Å². The fourth-order valence-electron chi connectivity index (χ4n) is 4.11. The molecule has 12 nitrogen and oxygen atoms in total. The number of fused-ring (bicyclic) bond motifs is 2. The van der Waals surface area contributed by atoms with Crippen molar-refractivity contribution in [3.63, 3.8) is 0 Å². The number of hydrogen-bond donors (Lipinski definition) is 2. The molecule has 0 aliphatic carbocycles. The topological polar surface area (TPSA) is 137 Å². The second-order valence-corrected chi connectivity index (χ2v) is 8.52. The number of carbonyl (C=O) groups excluding carboxylic acids is 2. The van der Waals surface area contributed by atoms with Crippen LogP contribution in [-0.4, -0.2) is 58.5 Å². The number of para-hydroxylation sites is 1. The molecule has 1 saturated heterocycles. The van der Waals surface area contributed by atoms with Crippen LogP contribution in [0.15, 0.2) is 39.9 Å². The maximum absolute atomic E-state index is 12.8. The smallest absolute Gasteiger partial charge is 0.416 e. The molecule has 2 aromatic heterocycles. The van der Waals surface area contributed by atoms with Crippen LogP contribution in [0.4, 0.5) is 16.4 Å². The van der Waals surface area contributed by atoms with E-state index in [0.29, 0.717) is 40.6 Å². The number of ether oxygens (including phenoxy) is 2. The van der Waals surface area contributed by atoms with Gasteiger partial charge in [0.15, 0.2) is 18.2 Å². The first-order valence-corrected chi connectivity index (χ1v) is 11.2. The van der Waals surface area contributed by atoms with Crippen molar-refractivity contribution >= 4 is 46.1 Å². The molecular weight excluding hydrogens is 480 g/mol. The van der Waals surface area contributed by atoms with E-state index in [2.05, 4.69) is 15.6 Å². The first-order chi connectivity index (χ1) is 16.8. The van der Waals surface area contributed by atoms with E-state index in [0.717, 1.165) is 4.57 Å². The van der Waals surface area contributed by atoms with Crippen LogP contribution in [0.25, 0.3) is 10.9 Å². The first-order valence-electron chi connectivity index (χ1n) is 10.8. The van der Waals surface area contributed by atoms with Gasteiger partial charge in [-0.3, -0.25) is 23.6 Å². The highest BCUT2D eigenvalue weighted by molar-refractivity contribution is 6.35. The summed E-state index contributed by atoms with van der Waals surface area (Å²) in [6, 6.07) is 8.17. The van der Waals surface area contributed by atoms with Crippen LogP contribution in [0.3, 0.4) is 0 Å². The summed E-state index contributed by atoms with van der Waals surface area (Å²) in [5.74, 6) is 0.678. The lowest BCUT2D eigenvalue weighted by Gasteiger charge is -2.19. The molecule has 35 heavy (non-hydrogen) atoms. The zero-order valence-electron chi connectivity index (χ0n) is 18.6. The van der Waals surface area contributed by atoms with Crippen molar-refractivity contribution in [1.82, 2.24) is 19.4 Å². The lowest BCUT2D eigenvalue weighted by molar-refractivity contribution is -0.118. The number of anilines is 2. The number of halogens is 1. The molecule has 182 valence electrons. The second kappa shape index (κ2) is 9.04. The monoisotopic (exact) mass is 500 g/mol. The molecule has 0 radical (unpaired) electrons. The lowest BCUT2D eigenvalue weighted by Crippen LogP contribution is -2.42. The van der Waals surface area contributed by atoms with Gasteiger partial charge in [0.25, 0.3) is 11.5 Å². The molecule has 4 heterocycles. The minimum atomic E-state index is -0.566. The first kappa shape index (κ1) is 22.9. The number of amides is 2. The Morgan fingerprint density at radius 1 is 1.20 bits per heavy atom. The highest BCUT2D eigenvalue weighted by atomic mass is 35.5. The number of rotatable bonds is 6. The van der Waals surface area contributed by atoms with Crippen LogP contribution >= 0.6 is 11.6 Å². The fraction of sp³-hybridized carbons (Fsp3) is 0.318. The Bertz CT molecular complexity index is 1470. The largest absolute Gasteiger partial charge is 0.480 e. The number of cyclic esters (lactones) is 1. The Morgan fingerprint density at radius 3 is 2.86 bits per heavy atom. The van der Waals surface area contributed by atoms with E-state index in [4.69, 9.17) is 21.1 Å². The van der Waals surface area contributed by atoms with Crippen LogP contribution < -0.4 is 31.5 Å². The van der Waals surface area contributed by atoms with Crippen molar-refractivity contribution < 1.29 is 19.1 Å². The zero-order chi connectivity index (χ0) is 24.7. The summed E-state index contributed by atoms with van der Waals surface area (Å²) < 4.78 is 13.2. The third kappa shape index (κ3) is 4.21. The molecule has 2 amide bonds. The quantitative estimate of drug-likeness (QED) is 0.472. The van der Waals surface area contributed by atoms with Crippen molar-refractivity contribution in [2.75, 3.05) is 36.5 Å². The molecule has 0 spiro atoms. The number of nitrogens with zero attached hydrogens (tertiary/aromatic N) is 4. The second-order valence-electron chi connectivity index (χ2n) is 8.11. The number of carbonyl (C=O) groups is 2. The van der Waals surface area contributed by atoms with Gasteiger partial charge in [0, 0.05) is 26.7 Å². The molecule has 1 fully saturated rings. The van der Waals surface area contributed by atoms with Crippen molar-refractivity contribution in [2.24, 2.45) is 7.05 Å². The van der Waals surface area contributed by atoms with Gasteiger partial charge in [-0.2, -0.15) is 0 Å². The summed E-state index contributed by atoms with van der Waals surface area (Å²) in [5, 5.41) is 6.42. The number of aromatic nitrogens is 3. The maximum atomic E-state index is 12.8. The average molecular weight is 501 g/mol. The molecule has 0 saturated carbocycles. The fourth-order valence-corrected chi connectivity index (χ4v) is 4.41. The summed E-state index contributed by atoms with van der Waals surface area (Å²) in [7, 11) is 1.57. The molecule has 1 atom stereocenters. The van der Waals surface area contributed by atoms with E-state index >= 15 is 0 Å². The zero-order valence-corrected chi connectivity index (χ0v) is 19.4. The summed E-state index contributed by atoms with van der Waals surface area (Å²) in [5.41, 5.74) is -0.487. The number of nitrogens with one attached hydrogen (secondary N) is 2. The SMILES string of the molecule is Cn1c(=O)n(CCNC[C@H]2CN(c3ccc4c(n3)NC(=O)CO4)C(=O)O2)c(=O)c2cccc(Cl)c21. The average Bonchev–Trinajstić information content (AvgIpc) is 3.21. The van der Waals surface area contributed by atoms with E-state index < -0.39 is 23.4 Å². The van der Waals surface area contributed by atoms with Crippen LogP contribution in [0.1, 0.15) is 0 Å². The van der Waals surface area contributed by atoms with Gasteiger partial charge in [-0.1, -0.05) is 17.7 Å². The van der Waals surface area contributed by atoms with Crippen molar-refractivity contribution in [2.45, 2.75) is 12.6 Å². The number of hydrogen-bond acceptors (Lipinski definition) is 8. The third-order valence-electron chi connectivity index (χ3n) is 5.81. The Balaban J connectivity index is 1.22. The minimum absolute atomic E-state index is 0.0846. The van der Waals surface area contributed by atoms with Crippen LogP contribution in [0, 0.1) is 0 Å². The standard InChI is InChI=1S/C22H21ClN6O6/c1-27-18-13(3-2-4-14(18)23)20(31)28(21(27)32)8-7-24-9-12-10-29(22(33)35-12)16-6-5-15-19(25-16)26-17(30)11-34-15/h2-6,12,24H,7-11H2,1H3,(H,25,26,30)/t12-/m0/s1. The van der Waals surface area contributed by atoms with E-state index in [1.807, 2.05) is 0 Å². The van der Waals surface area contributed by atoms with Gasteiger partial charge in [0.05, 0.1) is 22.5 Å². The molecular formula is C22H21ClN6O6. The third-order valence-corrected chi connectivity index (χ3v) is 6.12. The predicted octanol–water partition coefficient (Wildman–Crippen LogP) is 0.695. The van der Waals surface area contributed by atoms with Crippen LogP contribution in [0.5, 0.6) is 5.75 Å². The van der Waals surface area contributed by atoms with Gasteiger partial charge in [-0.15, -0.1) is 0 Å². The van der Waals surface area contributed by atoms with Crippen LogP contribution in [-0.2, 0) is 23.1 Å².